The van der Waals surface area contributed by atoms with Crippen molar-refractivity contribution in [1.29, 1.82) is 0 Å². The summed E-state index contributed by atoms with van der Waals surface area (Å²) in [7, 11) is 0. The van der Waals surface area contributed by atoms with Crippen LogP contribution in [0.15, 0.2) is 47.4 Å². The van der Waals surface area contributed by atoms with Crippen molar-refractivity contribution in [2.24, 2.45) is 0 Å². The molecule has 0 spiro atoms. The predicted molar refractivity (Wildman–Crippen MR) is 83.0 cm³/mol. The summed E-state index contributed by atoms with van der Waals surface area (Å²) in [5.41, 5.74) is 7.54. The molecule has 0 aliphatic carbocycles. The zero-order valence-corrected chi connectivity index (χ0v) is 12.3. The summed E-state index contributed by atoms with van der Waals surface area (Å²) in [6.07, 6.45) is 0. The summed E-state index contributed by atoms with van der Waals surface area (Å²) in [5.74, 6) is 1.75. The fourth-order valence-corrected chi connectivity index (χ4v) is 2.97. The van der Waals surface area contributed by atoms with Crippen molar-refractivity contribution in [2.45, 2.75) is 17.6 Å². The van der Waals surface area contributed by atoms with Crippen LogP contribution in [0.5, 0.6) is 5.75 Å². The third-order valence-corrected chi connectivity index (χ3v) is 4.16. The number of hydrogen-bond donors (Lipinski definition) is 1. The van der Waals surface area contributed by atoms with Gasteiger partial charge < -0.3 is 10.5 Å². The van der Waals surface area contributed by atoms with Gasteiger partial charge in [-0.25, -0.2) is 0 Å². The summed E-state index contributed by atoms with van der Waals surface area (Å²) in [6, 6.07) is 13.7. The number of thioether (sulfide) groups is 1. The third-order valence-electron chi connectivity index (χ3n) is 2.61. The van der Waals surface area contributed by atoms with E-state index in [9.17, 15) is 0 Å². The van der Waals surface area contributed by atoms with Crippen molar-refractivity contribution in [1.82, 2.24) is 0 Å². The van der Waals surface area contributed by atoms with Crippen LogP contribution in [0.3, 0.4) is 0 Å². The van der Waals surface area contributed by atoms with E-state index >= 15 is 0 Å². The summed E-state index contributed by atoms with van der Waals surface area (Å²) in [6.45, 7) is 2.66. The number of para-hydroxylation sites is 1. The van der Waals surface area contributed by atoms with E-state index in [0.29, 0.717) is 17.3 Å². The van der Waals surface area contributed by atoms with Crippen LogP contribution in [-0.4, -0.2) is 6.61 Å². The van der Waals surface area contributed by atoms with Crippen molar-refractivity contribution in [3.8, 4) is 5.75 Å². The van der Waals surface area contributed by atoms with Crippen LogP contribution in [0, 0.1) is 0 Å². The molecule has 0 heterocycles. The van der Waals surface area contributed by atoms with E-state index in [0.717, 1.165) is 16.4 Å². The minimum atomic E-state index is 0.671. The molecular formula is C15H16ClNOS. The Kier molecular flexibility index (Phi) is 5.00. The van der Waals surface area contributed by atoms with Gasteiger partial charge in [-0.2, -0.15) is 0 Å². The molecule has 0 aromatic heterocycles. The van der Waals surface area contributed by atoms with Gasteiger partial charge in [0, 0.05) is 21.9 Å². The Labute approximate surface area is 122 Å². The zero-order chi connectivity index (χ0) is 13.7. The molecule has 19 heavy (non-hydrogen) atoms. The number of halogens is 1. The van der Waals surface area contributed by atoms with Gasteiger partial charge >= 0.3 is 0 Å². The monoisotopic (exact) mass is 293 g/mol. The van der Waals surface area contributed by atoms with E-state index in [1.807, 2.05) is 37.3 Å². The number of rotatable bonds is 5. The molecule has 0 unspecified atom stereocenters. The highest BCUT2D eigenvalue weighted by atomic mass is 35.5. The highest BCUT2D eigenvalue weighted by Crippen LogP contribution is 2.33. The quantitative estimate of drug-likeness (QED) is 0.646. The lowest BCUT2D eigenvalue weighted by Gasteiger charge is -2.10. The van der Waals surface area contributed by atoms with E-state index in [2.05, 4.69) is 6.07 Å². The molecule has 2 rings (SSSR count). The molecule has 2 nitrogen and oxygen atoms in total. The number of ether oxygens (including phenoxy) is 1. The van der Waals surface area contributed by atoms with Crippen molar-refractivity contribution in [3.05, 3.63) is 53.1 Å². The third kappa shape index (κ3) is 3.82. The Morgan fingerprint density at radius 2 is 2.00 bits per heavy atom. The maximum atomic E-state index is 6.16. The summed E-state index contributed by atoms with van der Waals surface area (Å²) >= 11 is 7.85. The molecule has 2 aromatic carbocycles. The normalized spacial score (nSPS) is 10.4. The van der Waals surface area contributed by atoms with Gasteiger partial charge in [-0.3, -0.25) is 0 Å². The Morgan fingerprint density at radius 1 is 1.21 bits per heavy atom. The first kappa shape index (κ1) is 14.1. The topological polar surface area (TPSA) is 35.2 Å². The van der Waals surface area contributed by atoms with E-state index in [1.165, 1.54) is 5.56 Å². The van der Waals surface area contributed by atoms with Gasteiger partial charge in [-0.05, 0) is 31.2 Å². The number of nitrogen functional groups attached to an aromatic ring is 1. The maximum Gasteiger partial charge on any atom is 0.123 e. The first-order chi connectivity index (χ1) is 9.20. The van der Waals surface area contributed by atoms with Crippen LogP contribution in [0.25, 0.3) is 0 Å². The molecule has 0 saturated carbocycles. The molecule has 0 radical (unpaired) electrons. The van der Waals surface area contributed by atoms with Crippen LogP contribution < -0.4 is 10.5 Å². The van der Waals surface area contributed by atoms with Gasteiger partial charge in [0.15, 0.2) is 0 Å². The standard InChI is InChI=1S/C15H16ClNOS/c1-2-18-14-6-4-3-5-11(14)10-19-15-8-7-12(17)9-13(15)16/h3-9H,2,10,17H2,1H3. The highest BCUT2D eigenvalue weighted by Gasteiger charge is 2.06. The average Bonchev–Trinajstić information content (AvgIpc) is 2.40. The molecule has 2 N–H and O–H groups in total. The second-order valence-electron chi connectivity index (χ2n) is 4.02. The molecule has 0 saturated heterocycles. The molecule has 0 aliphatic heterocycles. The number of anilines is 1. The molecule has 0 amide bonds. The average molecular weight is 294 g/mol. The summed E-state index contributed by atoms with van der Waals surface area (Å²) in [5, 5.41) is 0.693. The van der Waals surface area contributed by atoms with Crippen molar-refractivity contribution >= 4 is 29.1 Å². The van der Waals surface area contributed by atoms with Gasteiger partial charge in [-0.15, -0.1) is 11.8 Å². The van der Waals surface area contributed by atoms with Crippen LogP contribution in [0.1, 0.15) is 12.5 Å². The zero-order valence-electron chi connectivity index (χ0n) is 10.7. The molecule has 0 fully saturated rings. The fourth-order valence-electron chi connectivity index (χ4n) is 1.71. The van der Waals surface area contributed by atoms with Crippen LogP contribution in [0.2, 0.25) is 5.02 Å². The largest absolute Gasteiger partial charge is 0.494 e. The number of hydrogen-bond acceptors (Lipinski definition) is 3. The first-order valence-electron chi connectivity index (χ1n) is 6.09. The molecular weight excluding hydrogens is 278 g/mol. The van der Waals surface area contributed by atoms with E-state index < -0.39 is 0 Å². The molecule has 100 valence electrons. The van der Waals surface area contributed by atoms with Gasteiger partial charge in [0.2, 0.25) is 0 Å². The predicted octanol–water partition coefficient (Wildman–Crippen LogP) is 4.61. The van der Waals surface area contributed by atoms with E-state index in [4.69, 9.17) is 22.1 Å². The second kappa shape index (κ2) is 6.73. The van der Waals surface area contributed by atoms with Gasteiger partial charge in [0.05, 0.1) is 11.6 Å². The Bertz CT molecular complexity index is 560. The fraction of sp³-hybridized carbons (Fsp3) is 0.200. The van der Waals surface area contributed by atoms with Gasteiger partial charge in [0.1, 0.15) is 5.75 Å². The smallest absolute Gasteiger partial charge is 0.123 e. The Hall–Kier alpha value is -1.32. The number of benzene rings is 2. The first-order valence-corrected chi connectivity index (χ1v) is 7.45. The molecule has 0 atom stereocenters. The lowest BCUT2D eigenvalue weighted by atomic mass is 10.2. The SMILES string of the molecule is CCOc1ccccc1CSc1ccc(N)cc1Cl. The van der Waals surface area contributed by atoms with E-state index in [-0.39, 0.29) is 0 Å². The Balaban J connectivity index is 2.10. The molecule has 4 heteroatoms. The van der Waals surface area contributed by atoms with Gasteiger partial charge in [0.25, 0.3) is 0 Å². The van der Waals surface area contributed by atoms with Crippen LogP contribution in [0.4, 0.5) is 5.69 Å². The Morgan fingerprint density at radius 3 is 2.74 bits per heavy atom. The lowest BCUT2D eigenvalue weighted by Crippen LogP contribution is -1.95. The van der Waals surface area contributed by atoms with Crippen molar-refractivity contribution in [2.75, 3.05) is 12.3 Å². The summed E-state index contributed by atoms with van der Waals surface area (Å²) < 4.78 is 5.61. The lowest BCUT2D eigenvalue weighted by molar-refractivity contribution is 0.337. The maximum absolute atomic E-state index is 6.16. The highest BCUT2D eigenvalue weighted by molar-refractivity contribution is 7.98. The van der Waals surface area contributed by atoms with Crippen molar-refractivity contribution < 1.29 is 4.74 Å². The van der Waals surface area contributed by atoms with Gasteiger partial charge in [-0.1, -0.05) is 29.8 Å². The minimum absolute atomic E-state index is 0.671. The van der Waals surface area contributed by atoms with Crippen LogP contribution >= 0.6 is 23.4 Å². The molecule has 0 bridgehead atoms. The minimum Gasteiger partial charge on any atom is -0.494 e. The van der Waals surface area contributed by atoms with Crippen molar-refractivity contribution in [3.63, 3.8) is 0 Å². The second-order valence-corrected chi connectivity index (χ2v) is 5.44. The van der Waals surface area contributed by atoms with Crippen LogP contribution in [-0.2, 0) is 5.75 Å². The van der Waals surface area contributed by atoms with E-state index in [1.54, 1.807) is 17.8 Å². The molecule has 0 aliphatic rings. The summed E-state index contributed by atoms with van der Waals surface area (Å²) in [4.78, 5) is 1.03. The number of nitrogens with two attached hydrogens (primary N) is 1. The molecule has 2 aromatic rings.